The van der Waals surface area contributed by atoms with Gasteiger partial charge in [0.25, 0.3) is 5.91 Å². The Morgan fingerprint density at radius 1 is 1.18 bits per heavy atom. The van der Waals surface area contributed by atoms with Gasteiger partial charge in [0.15, 0.2) is 5.65 Å². The molecule has 1 amide bonds. The molecule has 1 unspecified atom stereocenters. The minimum atomic E-state index is 0.0328. The van der Waals surface area contributed by atoms with E-state index in [1.54, 1.807) is 12.5 Å². The maximum atomic E-state index is 13.1. The van der Waals surface area contributed by atoms with Crippen molar-refractivity contribution in [1.82, 2.24) is 19.4 Å². The van der Waals surface area contributed by atoms with Gasteiger partial charge in [-0.1, -0.05) is 18.2 Å². The number of nitrogens with zero attached hydrogens (tertiary/aromatic N) is 5. The Labute approximate surface area is 165 Å². The zero-order valence-electron chi connectivity index (χ0n) is 17.0. The summed E-state index contributed by atoms with van der Waals surface area (Å²) in [5, 5.41) is 0. The fourth-order valence-corrected chi connectivity index (χ4v) is 3.98. The summed E-state index contributed by atoms with van der Waals surface area (Å²) in [6.07, 6.45) is 3.48. The number of rotatable bonds is 3. The molecule has 1 aliphatic rings. The lowest BCUT2D eigenvalue weighted by atomic mass is 10.1. The molecule has 1 aliphatic heterocycles. The molecule has 0 bridgehead atoms. The van der Waals surface area contributed by atoms with Crippen molar-refractivity contribution >= 4 is 22.8 Å². The Bertz CT molecular complexity index is 1010. The van der Waals surface area contributed by atoms with Crippen molar-refractivity contribution in [2.75, 3.05) is 24.5 Å². The highest BCUT2D eigenvalue weighted by atomic mass is 16.2. The Kier molecular flexibility index (Phi) is 4.79. The number of aryl methyl sites for hydroxylation is 1. The number of imidazole rings is 1. The predicted octanol–water partition coefficient (Wildman–Crippen LogP) is 3.67. The number of benzene rings is 1. The number of aromatic nitrogens is 3. The molecule has 0 N–H and O–H groups in total. The molecule has 1 saturated heterocycles. The van der Waals surface area contributed by atoms with Gasteiger partial charge in [-0.25, -0.2) is 9.97 Å². The first-order valence-corrected chi connectivity index (χ1v) is 9.90. The van der Waals surface area contributed by atoms with Gasteiger partial charge in [-0.3, -0.25) is 4.79 Å². The van der Waals surface area contributed by atoms with Gasteiger partial charge in [-0.15, -0.1) is 0 Å². The van der Waals surface area contributed by atoms with Gasteiger partial charge in [0.1, 0.15) is 5.52 Å². The number of hydrogen-bond acceptors (Lipinski definition) is 4. The summed E-state index contributed by atoms with van der Waals surface area (Å²) >= 11 is 0. The summed E-state index contributed by atoms with van der Waals surface area (Å²) in [6, 6.07) is 10.7. The average molecular weight is 377 g/mol. The second-order valence-electron chi connectivity index (χ2n) is 7.89. The van der Waals surface area contributed by atoms with E-state index in [2.05, 4.69) is 66.8 Å². The largest absolute Gasteiger partial charge is 0.367 e. The maximum Gasteiger partial charge on any atom is 0.255 e. The van der Waals surface area contributed by atoms with Gasteiger partial charge >= 0.3 is 0 Å². The molecule has 1 atom stereocenters. The Morgan fingerprint density at radius 2 is 1.96 bits per heavy atom. The topological polar surface area (TPSA) is 54.3 Å². The van der Waals surface area contributed by atoms with Gasteiger partial charge in [-0.2, -0.15) is 0 Å². The van der Waals surface area contributed by atoms with E-state index in [9.17, 15) is 4.79 Å². The van der Waals surface area contributed by atoms with Crippen LogP contribution in [0.25, 0.3) is 11.2 Å². The van der Waals surface area contributed by atoms with E-state index < -0.39 is 0 Å². The molecule has 1 aromatic carbocycles. The zero-order valence-corrected chi connectivity index (χ0v) is 17.0. The van der Waals surface area contributed by atoms with Crippen LogP contribution < -0.4 is 4.90 Å². The normalized spacial score (nSPS) is 17.5. The number of carbonyl (C=O) groups excluding carboxylic acids is 1. The van der Waals surface area contributed by atoms with Crippen molar-refractivity contribution in [2.24, 2.45) is 0 Å². The first-order valence-electron chi connectivity index (χ1n) is 9.90. The van der Waals surface area contributed by atoms with Crippen LogP contribution in [0.2, 0.25) is 0 Å². The van der Waals surface area contributed by atoms with Gasteiger partial charge in [-0.05, 0) is 45.4 Å². The van der Waals surface area contributed by atoms with E-state index >= 15 is 0 Å². The summed E-state index contributed by atoms with van der Waals surface area (Å²) in [6.45, 7) is 10.8. The lowest BCUT2D eigenvalue weighted by Crippen LogP contribution is -2.54. The second-order valence-corrected chi connectivity index (χ2v) is 7.89. The summed E-state index contributed by atoms with van der Waals surface area (Å²) in [5.41, 5.74) is 4.72. The Morgan fingerprint density at radius 3 is 2.68 bits per heavy atom. The smallest absolute Gasteiger partial charge is 0.255 e. The fourth-order valence-electron chi connectivity index (χ4n) is 3.98. The van der Waals surface area contributed by atoms with Crippen LogP contribution in [0.5, 0.6) is 0 Å². The molecule has 146 valence electrons. The van der Waals surface area contributed by atoms with Crippen molar-refractivity contribution in [1.29, 1.82) is 0 Å². The molecule has 6 nitrogen and oxygen atoms in total. The highest BCUT2D eigenvalue weighted by Crippen LogP contribution is 2.24. The molecule has 3 aromatic rings. The summed E-state index contributed by atoms with van der Waals surface area (Å²) in [7, 11) is 0. The Hall–Kier alpha value is -2.89. The number of anilines is 1. The molecule has 1 fully saturated rings. The third-order valence-electron chi connectivity index (χ3n) is 5.56. The van der Waals surface area contributed by atoms with Crippen molar-refractivity contribution < 1.29 is 4.79 Å². The molecule has 0 saturated carbocycles. The van der Waals surface area contributed by atoms with Crippen LogP contribution in [-0.2, 0) is 0 Å². The predicted molar refractivity (Wildman–Crippen MR) is 112 cm³/mol. The highest BCUT2D eigenvalue weighted by molar-refractivity contribution is 5.96. The number of hydrogen-bond donors (Lipinski definition) is 0. The number of amides is 1. The molecule has 28 heavy (non-hydrogen) atoms. The lowest BCUT2D eigenvalue weighted by molar-refractivity contribution is 0.0674. The van der Waals surface area contributed by atoms with E-state index in [0.29, 0.717) is 12.1 Å². The Balaban J connectivity index is 1.53. The lowest BCUT2D eigenvalue weighted by Gasteiger charge is -2.41. The number of carbonyl (C=O) groups is 1. The molecular formula is C22H27N5O. The molecule has 6 heteroatoms. The second kappa shape index (κ2) is 7.26. The van der Waals surface area contributed by atoms with Crippen molar-refractivity contribution in [3.05, 3.63) is 54.0 Å². The van der Waals surface area contributed by atoms with Gasteiger partial charge in [0, 0.05) is 43.6 Å². The standard InChI is InChI=1S/C22H27N5O/c1-15(2)27-14-24-19-11-18(12-23-21(19)27)22(28)26-10-9-25(13-17(26)4)20-8-6-5-7-16(20)3/h5-8,11-12,14-15,17H,9-10,13H2,1-4H3. The summed E-state index contributed by atoms with van der Waals surface area (Å²) < 4.78 is 2.02. The van der Waals surface area contributed by atoms with E-state index in [1.165, 1.54) is 11.3 Å². The minimum absolute atomic E-state index is 0.0328. The van der Waals surface area contributed by atoms with Crippen LogP contribution in [0.15, 0.2) is 42.9 Å². The average Bonchev–Trinajstić information content (AvgIpc) is 3.11. The SMILES string of the molecule is Cc1ccccc1N1CCN(C(=O)c2cnc3c(c2)ncn3C(C)C)C(C)C1. The van der Waals surface area contributed by atoms with Crippen LogP contribution in [0.4, 0.5) is 5.69 Å². The monoisotopic (exact) mass is 377 g/mol. The molecule has 2 aromatic heterocycles. The number of piperazine rings is 1. The zero-order chi connectivity index (χ0) is 19.8. The van der Waals surface area contributed by atoms with Crippen molar-refractivity contribution in [3.8, 4) is 0 Å². The van der Waals surface area contributed by atoms with E-state index in [4.69, 9.17) is 0 Å². The van der Waals surface area contributed by atoms with Gasteiger partial charge < -0.3 is 14.4 Å². The minimum Gasteiger partial charge on any atom is -0.367 e. The maximum absolute atomic E-state index is 13.1. The molecule has 0 radical (unpaired) electrons. The highest BCUT2D eigenvalue weighted by Gasteiger charge is 2.29. The summed E-state index contributed by atoms with van der Waals surface area (Å²) in [4.78, 5) is 26.4. The molecule has 4 rings (SSSR count). The molecule has 0 spiro atoms. The van der Waals surface area contributed by atoms with Crippen LogP contribution >= 0.6 is 0 Å². The van der Waals surface area contributed by atoms with E-state index in [-0.39, 0.29) is 18.0 Å². The van der Waals surface area contributed by atoms with Gasteiger partial charge in [0.05, 0.1) is 11.9 Å². The van der Waals surface area contributed by atoms with Gasteiger partial charge in [0.2, 0.25) is 0 Å². The number of fused-ring (bicyclic) bond motifs is 1. The third kappa shape index (κ3) is 3.23. The van der Waals surface area contributed by atoms with Crippen molar-refractivity contribution in [3.63, 3.8) is 0 Å². The fraction of sp³-hybridized carbons (Fsp3) is 0.409. The number of para-hydroxylation sites is 1. The first kappa shape index (κ1) is 18.5. The van der Waals surface area contributed by atoms with Crippen LogP contribution in [0.3, 0.4) is 0 Å². The van der Waals surface area contributed by atoms with E-state index in [0.717, 1.165) is 24.3 Å². The van der Waals surface area contributed by atoms with Crippen LogP contribution in [-0.4, -0.2) is 51.0 Å². The molecular weight excluding hydrogens is 350 g/mol. The van der Waals surface area contributed by atoms with Crippen LogP contribution in [0.1, 0.15) is 42.7 Å². The van der Waals surface area contributed by atoms with Crippen molar-refractivity contribution in [2.45, 2.75) is 39.8 Å². The third-order valence-corrected chi connectivity index (χ3v) is 5.56. The quantitative estimate of drug-likeness (QED) is 0.699. The molecule has 0 aliphatic carbocycles. The first-order chi connectivity index (χ1) is 13.5. The summed E-state index contributed by atoms with van der Waals surface area (Å²) in [5.74, 6) is 0.0328. The number of pyridine rings is 1. The molecule has 3 heterocycles. The van der Waals surface area contributed by atoms with E-state index in [1.807, 2.05) is 15.5 Å². The van der Waals surface area contributed by atoms with Crippen LogP contribution in [0, 0.1) is 6.92 Å².